The van der Waals surface area contributed by atoms with E-state index in [-0.39, 0.29) is 5.91 Å². The molecule has 9 nitrogen and oxygen atoms in total. The molecule has 3 aromatic rings. The highest BCUT2D eigenvalue weighted by Crippen LogP contribution is 2.47. The van der Waals surface area contributed by atoms with Gasteiger partial charge < -0.3 is 24.6 Å². The van der Waals surface area contributed by atoms with Gasteiger partial charge in [-0.1, -0.05) is 29.3 Å². The van der Waals surface area contributed by atoms with Gasteiger partial charge in [-0.2, -0.15) is 0 Å². The Hall–Kier alpha value is -3.24. The zero-order valence-corrected chi connectivity index (χ0v) is 23.7. The van der Waals surface area contributed by atoms with Crippen molar-refractivity contribution in [1.82, 2.24) is 25.1 Å². The lowest BCUT2D eigenvalue weighted by molar-refractivity contribution is 0.0978. The number of hydrogen-bond donors (Lipinski definition) is 1. The first-order chi connectivity index (χ1) is 18.1. The Kier molecular flexibility index (Phi) is 8.52. The third-order valence-corrected chi connectivity index (χ3v) is 6.75. The maximum atomic E-state index is 13.5. The van der Waals surface area contributed by atoms with Crippen LogP contribution in [0.15, 0.2) is 46.9 Å². The molecule has 0 bridgehead atoms. The summed E-state index contributed by atoms with van der Waals surface area (Å²) in [6, 6.07) is 5.06. The molecule has 1 aromatic heterocycles. The van der Waals surface area contributed by atoms with Crippen LogP contribution in [0.25, 0.3) is 22.2 Å². The number of fused-ring (bicyclic) bond motifs is 1. The van der Waals surface area contributed by atoms with Crippen molar-refractivity contribution in [2.75, 3.05) is 55.5 Å². The minimum Gasteiger partial charge on any atom is -0.495 e. The lowest BCUT2D eigenvalue weighted by atomic mass is 9.99. The van der Waals surface area contributed by atoms with Gasteiger partial charge in [-0.15, -0.1) is 0 Å². The molecule has 1 N–H and O–H groups in total. The molecule has 0 atom stereocenters. The van der Waals surface area contributed by atoms with Crippen molar-refractivity contribution in [1.29, 1.82) is 0 Å². The Morgan fingerprint density at radius 1 is 0.947 bits per heavy atom. The fourth-order valence-corrected chi connectivity index (χ4v) is 5.10. The fraction of sp³-hybridized carbons (Fsp3) is 0.333. The van der Waals surface area contributed by atoms with E-state index in [0.717, 1.165) is 12.2 Å². The third kappa shape index (κ3) is 5.61. The van der Waals surface area contributed by atoms with Gasteiger partial charge in [0.05, 0.1) is 41.0 Å². The largest absolute Gasteiger partial charge is 0.495 e. The molecule has 4 rings (SSSR count). The summed E-state index contributed by atoms with van der Waals surface area (Å²) in [7, 11) is 11.0. The van der Waals surface area contributed by atoms with E-state index in [0.29, 0.717) is 68.1 Å². The quantitative estimate of drug-likeness (QED) is 0.435. The van der Waals surface area contributed by atoms with Crippen LogP contribution in [0.3, 0.4) is 0 Å². The van der Waals surface area contributed by atoms with Gasteiger partial charge in [0.1, 0.15) is 22.9 Å². The van der Waals surface area contributed by atoms with E-state index in [4.69, 9.17) is 37.7 Å². The second-order valence-electron chi connectivity index (χ2n) is 9.41. The number of amides is 1. The lowest BCUT2D eigenvalue weighted by Gasteiger charge is -2.16. The molecular weight excluding hydrogens is 527 g/mol. The number of hydrogen-bond acceptors (Lipinski definition) is 8. The molecule has 0 saturated heterocycles. The van der Waals surface area contributed by atoms with Crippen LogP contribution >= 0.6 is 23.2 Å². The second kappa shape index (κ2) is 11.7. The predicted octanol–water partition coefficient (Wildman–Crippen LogP) is 4.53. The normalized spacial score (nSPS) is 13.5. The number of nitrogens with zero attached hydrogens (tertiary/aromatic N) is 5. The van der Waals surface area contributed by atoms with E-state index in [1.807, 2.05) is 28.2 Å². The molecule has 0 radical (unpaired) electrons. The van der Waals surface area contributed by atoms with Gasteiger partial charge in [0, 0.05) is 49.1 Å². The SMILES string of the molecule is COc1cc(OC)c(Cl)c(-c2ccc(C(=O)NC3=NC(CN(C)C)=C(CN(C)C)C3)c3nccnc23)c1Cl. The van der Waals surface area contributed by atoms with Crippen molar-refractivity contribution >= 4 is 46.0 Å². The Morgan fingerprint density at radius 2 is 1.55 bits per heavy atom. The van der Waals surface area contributed by atoms with Gasteiger partial charge in [-0.25, -0.2) is 4.99 Å². The summed E-state index contributed by atoms with van der Waals surface area (Å²) in [6.07, 6.45) is 3.67. The summed E-state index contributed by atoms with van der Waals surface area (Å²) in [4.78, 5) is 31.4. The Labute approximate surface area is 232 Å². The number of amidine groups is 1. The summed E-state index contributed by atoms with van der Waals surface area (Å²) in [5, 5.41) is 3.59. The summed E-state index contributed by atoms with van der Waals surface area (Å²) in [5.41, 5.74) is 4.45. The average molecular weight is 557 g/mol. The molecule has 0 aliphatic carbocycles. The van der Waals surface area contributed by atoms with Gasteiger partial charge in [0.25, 0.3) is 5.91 Å². The van der Waals surface area contributed by atoms with Gasteiger partial charge in [-0.3, -0.25) is 14.8 Å². The highest BCUT2D eigenvalue weighted by atomic mass is 35.5. The number of benzene rings is 2. The fourth-order valence-electron chi connectivity index (χ4n) is 4.40. The van der Waals surface area contributed by atoms with Crippen LogP contribution < -0.4 is 14.8 Å². The van der Waals surface area contributed by atoms with Crippen molar-refractivity contribution in [2.24, 2.45) is 4.99 Å². The minimum atomic E-state index is -0.323. The van der Waals surface area contributed by atoms with E-state index in [9.17, 15) is 4.79 Å². The molecule has 0 saturated carbocycles. The number of methoxy groups -OCH3 is 2. The van der Waals surface area contributed by atoms with Crippen LogP contribution in [-0.2, 0) is 0 Å². The maximum Gasteiger partial charge on any atom is 0.258 e. The highest BCUT2D eigenvalue weighted by Gasteiger charge is 2.25. The summed E-state index contributed by atoms with van der Waals surface area (Å²) in [6.45, 7) is 1.46. The standard InChI is InChI=1S/C27H30Cl2N6O3/c1-34(2)13-15-11-21(32-18(15)14-35(3)4)33-27(36)17-8-7-16(25-26(17)31-10-9-30-25)22-23(28)19(37-5)12-20(38-6)24(22)29/h7-10,12H,11,13-14H2,1-6H3,(H,32,33,36). The number of aromatic nitrogens is 2. The van der Waals surface area contributed by atoms with Gasteiger partial charge in [0.2, 0.25) is 0 Å². The van der Waals surface area contributed by atoms with E-state index in [1.165, 1.54) is 26.0 Å². The van der Waals surface area contributed by atoms with E-state index in [2.05, 4.69) is 25.1 Å². The van der Waals surface area contributed by atoms with Crippen molar-refractivity contribution < 1.29 is 14.3 Å². The first kappa shape index (κ1) is 27.8. The van der Waals surface area contributed by atoms with E-state index >= 15 is 0 Å². The number of carbonyl (C=O) groups is 1. The number of ether oxygens (including phenoxy) is 2. The number of halogens is 2. The molecule has 1 aliphatic rings. The Bertz CT molecular complexity index is 1420. The van der Waals surface area contributed by atoms with Crippen LogP contribution in [0.5, 0.6) is 11.5 Å². The second-order valence-corrected chi connectivity index (χ2v) is 10.2. The van der Waals surface area contributed by atoms with Crippen molar-refractivity contribution in [2.45, 2.75) is 6.42 Å². The van der Waals surface area contributed by atoms with Crippen molar-refractivity contribution in [3.63, 3.8) is 0 Å². The number of likely N-dealkylation sites (N-methyl/N-ethyl adjacent to an activating group) is 2. The minimum absolute atomic E-state index is 0.302. The van der Waals surface area contributed by atoms with Crippen LogP contribution in [-0.4, -0.2) is 87.0 Å². The summed E-state index contributed by atoms with van der Waals surface area (Å²) >= 11 is 13.3. The maximum absolute atomic E-state index is 13.5. The Morgan fingerprint density at radius 3 is 2.13 bits per heavy atom. The van der Waals surface area contributed by atoms with Crippen LogP contribution in [0.2, 0.25) is 10.0 Å². The molecule has 11 heteroatoms. The lowest BCUT2D eigenvalue weighted by Crippen LogP contribution is -2.30. The smallest absolute Gasteiger partial charge is 0.258 e. The highest BCUT2D eigenvalue weighted by molar-refractivity contribution is 6.41. The first-order valence-electron chi connectivity index (χ1n) is 11.9. The van der Waals surface area contributed by atoms with Crippen molar-refractivity contribution in [3.8, 4) is 22.6 Å². The topological polar surface area (TPSA) is 92.2 Å². The van der Waals surface area contributed by atoms with Gasteiger partial charge >= 0.3 is 0 Å². The average Bonchev–Trinajstić information content (AvgIpc) is 3.23. The zero-order chi connectivity index (χ0) is 27.6. The monoisotopic (exact) mass is 556 g/mol. The Balaban J connectivity index is 1.72. The van der Waals surface area contributed by atoms with Crippen molar-refractivity contribution in [3.05, 3.63) is 57.5 Å². The predicted molar refractivity (Wildman–Crippen MR) is 152 cm³/mol. The van der Waals surface area contributed by atoms with Gasteiger partial charge in [-0.05, 0) is 39.8 Å². The van der Waals surface area contributed by atoms with Crippen LogP contribution in [0, 0.1) is 0 Å². The number of aliphatic imine (C=N–C) groups is 1. The number of carbonyl (C=O) groups excluding carboxylic acids is 1. The number of rotatable bonds is 8. The van der Waals surface area contributed by atoms with Gasteiger partial charge in [0.15, 0.2) is 0 Å². The third-order valence-electron chi connectivity index (χ3n) is 6.00. The molecule has 38 heavy (non-hydrogen) atoms. The molecule has 2 aromatic carbocycles. The molecule has 0 unspecified atom stereocenters. The van der Waals surface area contributed by atoms with Crippen LogP contribution in [0.4, 0.5) is 0 Å². The first-order valence-corrected chi connectivity index (χ1v) is 12.6. The summed E-state index contributed by atoms with van der Waals surface area (Å²) in [5.74, 6) is 1.08. The molecule has 2 heterocycles. The van der Waals surface area contributed by atoms with E-state index in [1.54, 1.807) is 24.4 Å². The van der Waals surface area contributed by atoms with Crippen LogP contribution in [0.1, 0.15) is 16.8 Å². The molecule has 200 valence electrons. The molecule has 1 amide bonds. The molecule has 1 aliphatic heterocycles. The molecular formula is C27H30Cl2N6O3. The number of nitrogens with one attached hydrogen (secondary N) is 1. The van der Waals surface area contributed by atoms with E-state index < -0.39 is 0 Å². The zero-order valence-electron chi connectivity index (χ0n) is 22.2. The molecule has 0 fully saturated rings. The summed E-state index contributed by atoms with van der Waals surface area (Å²) < 4.78 is 10.8. The molecule has 0 spiro atoms.